The molecular formula is C49H90O. The highest BCUT2D eigenvalue weighted by atomic mass is 16.3. The summed E-state index contributed by atoms with van der Waals surface area (Å²) in [7, 11) is 0. The smallest absolute Gasteiger partial charge is 0.0577 e. The molecule has 0 heterocycles. The van der Waals surface area contributed by atoms with Crippen molar-refractivity contribution >= 4 is 0 Å². The molecule has 0 amide bonds. The second-order valence-corrected chi connectivity index (χ2v) is 20.0. The van der Waals surface area contributed by atoms with E-state index in [0.29, 0.717) is 10.8 Å². The topological polar surface area (TPSA) is 20.2 Å². The molecule has 0 radical (unpaired) electrons. The fraction of sp³-hybridized carbons (Fsp3) is 0.959. The zero-order valence-electron chi connectivity index (χ0n) is 35.1. The van der Waals surface area contributed by atoms with E-state index in [-0.39, 0.29) is 6.10 Å². The number of rotatable bonds is 26. The minimum atomic E-state index is -0.0873. The summed E-state index contributed by atoms with van der Waals surface area (Å²) in [5.74, 6) is 6.30. The van der Waals surface area contributed by atoms with Gasteiger partial charge in [0.2, 0.25) is 0 Å². The summed E-state index contributed by atoms with van der Waals surface area (Å²) >= 11 is 0. The van der Waals surface area contributed by atoms with Crippen LogP contribution in [0.3, 0.4) is 0 Å². The summed E-state index contributed by atoms with van der Waals surface area (Å²) < 4.78 is 0. The normalized spacial score (nSPS) is 32.8. The summed E-state index contributed by atoms with van der Waals surface area (Å²) in [6.07, 6.45) is 46.8. The van der Waals surface area contributed by atoms with E-state index in [1.807, 2.05) is 0 Å². The lowest BCUT2D eigenvalue weighted by molar-refractivity contribution is -0.0590. The van der Waals surface area contributed by atoms with E-state index in [9.17, 15) is 5.11 Å². The predicted molar refractivity (Wildman–Crippen MR) is 221 cm³/mol. The summed E-state index contributed by atoms with van der Waals surface area (Å²) in [4.78, 5) is 0. The third kappa shape index (κ3) is 12.1. The molecule has 0 spiro atoms. The van der Waals surface area contributed by atoms with Gasteiger partial charge in [-0.2, -0.15) is 0 Å². The third-order valence-electron chi connectivity index (χ3n) is 15.8. The number of aliphatic hydroxyl groups is 1. The molecule has 1 N–H and O–H groups in total. The highest BCUT2D eigenvalue weighted by molar-refractivity contribution is 5.25. The summed E-state index contributed by atoms with van der Waals surface area (Å²) in [6, 6.07) is 0. The van der Waals surface area contributed by atoms with Gasteiger partial charge in [0.1, 0.15) is 0 Å². The standard InChI is InChI=1S/C49H90O/c1-7-8-9-10-11-12-13-14-15-16-17-18-19-20-21-22-23-24-25-26-30-41-37-46-44-32-31-42-38-43(50)33-35-48(42,5)45(44)34-36-49(46,6)47(41)40(4)29-27-28-39(2)3/h31,39-41,43-47,50H,7-30,32-38H2,1-6H3/t40-,41?,43+,44-,45+,46+,47+,48+,49+/m1/s1. The molecular weight excluding hydrogens is 605 g/mol. The van der Waals surface area contributed by atoms with E-state index >= 15 is 0 Å². The Balaban J connectivity index is 1.13. The number of fused-ring (bicyclic) bond motifs is 5. The summed E-state index contributed by atoms with van der Waals surface area (Å²) in [6.45, 7) is 15.2. The van der Waals surface area contributed by atoms with Crippen molar-refractivity contribution in [1.82, 2.24) is 0 Å². The van der Waals surface area contributed by atoms with Crippen LogP contribution in [0.25, 0.3) is 0 Å². The van der Waals surface area contributed by atoms with Crippen LogP contribution in [0.1, 0.15) is 241 Å². The van der Waals surface area contributed by atoms with Crippen molar-refractivity contribution in [3.63, 3.8) is 0 Å². The van der Waals surface area contributed by atoms with E-state index in [1.165, 1.54) is 186 Å². The van der Waals surface area contributed by atoms with Gasteiger partial charge in [0.05, 0.1) is 6.10 Å². The van der Waals surface area contributed by atoms with Crippen LogP contribution in [0.15, 0.2) is 11.6 Å². The Kier molecular flexibility index (Phi) is 18.8. The maximum absolute atomic E-state index is 10.5. The predicted octanol–water partition coefficient (Wildman–Crippen LogP) is 15.8. The van der Waals surface area contributed by atoms with Crippen molar-refractivity contribution in [3.05, 3.63) is 11.6 Å². The minimum Gasteiger partial charge on any atom is -0.393 e. The first kappa shape index (κ1) is 42.4. The number of hydrogen-bond donors (Lipinski definition) is 1. The van der Waals surface area contributed by atoms with Crippen molar-refractivity contribution in [2.75, 3.05) is 0 Å². The lowest BCUT2D eigenvalue weighted by atomic mass is 9.47. The molecule has 1 heteroatoms. The molecule has 9 atom stereocenters. The molecule has 1 unspecified atom stereocenters. The third-order valence-corrected chi connectivity index (χ3v) is 15.8. The van der Waals surface area contributed by atoms with Gasteiger partial charge in [-0.25, -0.2) is 0 Å². The first-order valence-electron chi connectivity index (χ1n) is 23.6. The van der Waals surface area contributed by atoms with Crippen LogP contribution in [-0.2, 0) is 0 Å². The Hall–Kier alpha value is -0.300. The maximum atomic E-state index is 10.5. The van der Waals surface area contributed by atoms with Crippen LogP contribution in [-0.4, -0.2) is 11.2 Å². The van der Waals surface area contributed by atoms with Crippen molar-refractivity contribution < 1.29 is 5.11 Å². The molecule has 0 aromatic carbocycles. The SMILES string of the molecule is CCCCCCCCCCCCCCCCCCCCCCC1C[C@H]2[C@@H]3CC=C4C[C@@H](O)CC[C@]4(C)[C@H]3CC[C@]2(C)[C@H]1[C@H](C)CCCC(C)C. The second-order valence-electron chi connectivity index (χ2n) is 20.0. The van der Waals surface area contributed by atoms with Gasteiger partial charge in [-0.05, 0) is 97.2 Å². The molecule has 4 rings (SSSR count). The quantitative estimate of drug-likeness (QED) is 0.0706. The van der Waals surface area contributed by atoms with Crippen molar-refractivity contribution in [1.29, 1.82) is 0 Å². The van der Waals surface area contributed by atoms with Crippen molar-refractivity contribution in [3.8, 4) is 0 Å². The Morgan fingerprint density at radius 3 is 1.74 bits per heavy atom. The van der Waals surface area contributed by atoms with Gasteiger partial charge in [0, 0.05) is 0 Å². The van der Waals surface area contributed by atoms with Crippen LogP contribution < -0.4 is 0 Å². The lowest BCUT2D eigenvalue weighted by Gasteiger charge is -2.58. The summed E-state index contributed by atoms with van der Waals surface area (Å²) in [5.41, 5.74) is 2.55. The first-order chi connectivity index (χ1) is 24.2. The van der Waals surface area contributed by atoms with Crippen molar-refractivity contribution in [2.24, 2.45) is 52.3 Å². The number of hydrogen-bond acceptors (Lipinski definition) is 1. The number of allylic oxidation sites excluding steroid dienone is 1. The van der Waals surface area contributed by atoms with Crippen LogP contribution in [0.5, 0.6) is 0 Å². The number of aliphatic hydroxyl groups excluding tert-OH is 1. The molecule has 50 heavy (non-hydrogen) atoms. The van der Waals surface area contributed by atoms with Crippen LogP contribution in [0.2, 0.25) is 0 Å². The average Bonchev–Trinajstić information content (AvgIpc) is 3.39. The van der Waals surface area contributed by atoms with Gasteiger partial charge in [-0.15, -0.1) is 0 Å². The second kappa shape index (κ2) is 22.2. The highest BCUT2D eigenvalue weighted by Crippen LogP contribution is 2.69. The van der Waals surface area contributed by atoms with Gasteiger partial charge in [-0.3, -0.25) is 0 Å². The van der Waals surface area contributed by atoms with Crippen LogP contribution >= 0.6 is 0 Å². The largest absolute Gasteiger partial charge is 0.393 e. The van der Waals surface area contributed by atoms with E-state index < -0.39 is 0 Å². The molecule has 0 saturated heterocycles. The average molecular weight is 695 g/mol. The molecule has 1 nitrogen and oxygen atoms in total. The number of unbranched alkanes of at least 4 members (excludes halogenated alkanes) is 19. The molecule has 0 bridgehead atoms. The fourth-order valence-corrected chi connectivity index (χ4v) is 13.0. The van der Waals surface area contributed by atoms with Crippen LogP contribution in [0.4, 0.5) is 0 Å². The first-order valence-corrected chi connectivity index (χ1v) is 23.6. The monoisotopic (exact) mass is 695 g/mol. The van der Waals surface area contributed by atoms with E-state index in [4.69, 9.17) is 0 Å². The zero-order valence-corrected chi connectivity index (χ0v) is 35.1. The van der Waals surface area contributed by atoms with Gasteiger partial charge in [-0.1, -0.05) is 207 Å². The Morgan fingerprint density at radius 1 is 0.660 bits per heavy atom. The molecule has 4 aliphatic carbocycles. The lowest BCUT2D eigenvalue weighted by Crippen LogP contribution is -2.51. The Bertz CT molecular complexity index is 933. The maximum Gasteiger partial charge on any atom is 0.0577 e. The minimum absolute atomic E-state index is 0.0873. The molecule has 0 aromatic heterocycles. The van der Waals surface area contributed by atoms with Gasteiger partial charge in [0.15, 0.2) is 0 Å². The molecule has 4 aliphatic rings. The summed E-state index contributed by atoms with van der Waals surface area (Å²) in [5, 5.41) is 10.5. The van der Waals surface area contributed by atoms with E-state index in [1.54, 1.807) is 5.57 Å². The van der Waals surface area contributed by atoms with Crippen LogP contribution in [0, 0.1) is 52.3 Å². The Morgan fingerprint density at radius 2 is 1.20 bits per heavy atom. The van der Waals surface area contributed by atoms with Gasteiger partial charge >= 0.3 is 0 Å². The zero-order chi connectivity index (χ0) is 35.8. The Labute approximate surface area is 314 Å². The highest BCUT2D eigenvalue weighted by Gasteiger charge is 2.61. The molecule has 3 saturated carbocycles. The van der Waals surface area contributed by atoms with E-state index in [2.05, 4.69) is 47.6 Å². The molecule has 0 aromatic rings. The van der Waals surface area contributed by atoms with E-state index in [0.717, 1.165) is 54.3 Å². The fourth-order valence-electron chi connectivity index (χ4n) is 13.0. The van der Waals surface area contributed by atoms with Gasteiger partial charge in [0.25, 0.3) is 0 Å². The van der Waals surface area contributed by atoms with Crippen molar-refractivity contribution in [2.45, 2.75) is 247 Å². The van der Waals surface area contributed by atoms with Gasteiger partial charge < -0.3 is 5.11 Å². The molecule has 0 aliphatic heterocycles. The molecule has 292 valence electrons. The molecule has 3 fully saturated rings.